The molecule has 1 heterocycles. The Kier molecular flexibility index (Phi) is 2.91. The van der Waals surface area contributed by atoms with Crippen molar-refractivity contribution in [3.63, 3.8) is 0 Å². The topological polar surface area (TPSA) is 37.4 Å². The lowest BCUT2D eigenvalue weighted by Gasteiger charge is -2.20. The monoisotopic (exact) mass is 299 g/mol. The molecule has 0 spiro atoms. The van der Waals surface area contributed by atoms with Gasteiger partial charge in [-0.05, 0) is 30.4 Å². The van der Waals surface area contributed by atoms with Gasteiger partial charge in [-0.25, -0.2) is 8.42 Å². The fraction of sp³-hybridized carbons (Fsp3) is 0.294. The molecule has 4 rings (SSSR count). The van der Waals surface area contributed by atoms with Gasteiger partial charge in [0, 0.05) is 18.2 Å². The molecular weight excluding hydrogens is 282 g/mol. The number of piperidine rings is 1. The summed E-state index contributed by atoms with van der Waals surface area (Å²) < 4.78 is 27.7. The first kappa shape index (κ1) is 13.0. The minimum atomic E-state index is -3.39. The number of sulfonamides is 1. The smallest absolute Gasteiger partial charge is 0.207 e. The lowest BCUT2D eigenvalue weighted by Crippen LogP contribution is -2.31. The van der Waals surface area contributed by atoms with Crippen LogP contribution in [0.1, 0.15) is 12.8 Å². The van der Waals surface area contributed by atoms with Crippen LogP contribution in [0, 0.1) is 5.92 Å². The molecule has 2 aliphatic rings. The molecule has 2 aromatic carbocycles. The highest BCUT2D eigenvalue weighted by Crippen LogP contribution is 2.47. The molecule has 2 aromatic rings. The summed E-state index contributed by atoms with van der Waals surface area (Å²) in [6.45, 7) is 0.667. The minimum absolute atomic E-state index is 0.249. The Morgan fingerprint density at radius 2 is 1.67 bits per heavy atom. The normalized spacial score (nSPS) is 24.8. The van der Waals surface area contributed by atoms with Crippen LogP contribution >= 0.6 is 0 Å². The average Bonchev–Trinajstić information content (AvgIpc) is 3.17. The second-order valence-corrected chi connectivity index (χ2v) is 7.69. The third-order valence-corrected chi connectivity index (χ3v) is 6.52. The molecule has 1 saturated carbocycles. The summed E-state index contributed by atoms with van der Waals surface area (Å²) in [6.07, 6.45) is 2.05. The third-order valence-electron chi connectivity index (χ3n) is 4.53. The lowest BCUT2D eigenvalue weighted by molar-refractivity contribution is 0.442. The summed E-state index contributed by atoms with van der Waals surface area (Å²) in [5, 5.41) is 0. The second kappa shape index (κ2) is 4.68. The first-order chi connectivity index (χ1) is 10.2. The van der Waals surface area contributed by atoms with Gasteiger partial charge in [-0.1, -0.05) is 48.5 Å². The quantitative estimate of drug-likeness (QED) is 0.873. The molecule has 0 amide bonds. The summed E-state index contributed by atoms with van der Waals surface area (Å²) in [5.41, 5.74) is 1.74. The van der Waals surface area contributed by atoms with Crippen LogP contribution in [0.3, 0.4) is 0 Å². The molecule has 0 bridgehead atoms. The summed E-state index contributed by atoms with van der Waals surface area (Å²) in [4.78, 5) is 0.434. The highest BCUT2D eigenvalue weighted by molar-refractivity contribution is 7.89. The zero-order valence-electron chi connectivity index (χ0n) is 11.6. The first-order valence-corrected chi connectivity index (χ1v) is 8.78. The molecule has 21 heavy (non-hydrogen) atoms. The molecular formula is C17H17NO2S. The van der Waals surface area contributed by atoms with E-state index in [1.807, 2.05) is 42.5 Å². The van der Waals surface area contributed by atoms with Gasteiger partial charge < -0.3 is 0 Å². The van der Waals surface area contributed by atoms with Crippen LogP contribution in [0.15, 0.2) is 59.5 Å². The van der Waals surface area contributed by atoms with E-state index in [4.69, 9.17) is 0 Å². The summed E-state index contributed by atoms with van der Waals surface area (Å²) in [7, 11) is -3.39. The van der Waals surface area contributed by atoms with Gasteiger partial charge in [0.2, 0.25) is 10.0 Å². The van der Waals surface area contributed by atoms with Gasteiger partial charge in [-0.3, -0.25) is 0 Å². The van der Waals surface area contributed by atoms with Crippen molar-refractivity contribution in [3.05, 3.63) is 54.6 Å². The van der Waals surface area contributed by atoms with Gasteiger partial charge in [0.1, 0.15) is 0 Å². The van der Waals surface area contributed by atoms with Crippen molar-refractivity contribution in [3.8, 4) is 11.1 Å². The van der Waals surface area contributed by atoms with Crippen LogP contribution in [-0.2, 0) is 10.0 Å². The lowest BCUT2D eigenvalue weighted by atomic mass is 10.1. The van der Waals surface area contributed by atoms with E-state index in [0.29, 0.717) is 17.4 Å². The fourth-order valence-electron chi connectivity index (χ4n) is 3.33. The second-order valence-electron chi connectivity index (χ2n) is 5.83. The van der Waals surface area contributed by atoms with Crippen molar-refractivity contribution < 1.29 is 8.42 Å². The minimum Gasteiger partial charge on any atom is -0.207 e. The Hall–Kier alpha value is -1.65. The van der Waals surface area contributed by atoms with Crippen LogP contribution < -0.4 is 0 Å². The highest BCUT2D eigenvalue weighted by Gasteiger charge is 2.52. The van der Waals surface area contributed by atoms with Gasteiger partial charge in [0.05, 0.1) is 4.90 Å². The molecule has 108 valence electrons. The number of nitrogens with zero attached hydrogens (tertiary/aromatic N) is 1. The van der Waals surface area contributed by atoms with E-state index in [1.54, 1.807) is 16.4 Å². The van der Waals surface area contributed by atoms with Crippen LogP contribution in [0.5, 0.6) is 0 Å². The number of fused-ring (bicyclic) bond motifs is 1. The highest BCUT2D eigenvalue weighted by atomic mass is 32.2. The average molecular weight is 299 g/mol. The molecule has 1 aliphatic carbocycles. The molecule has 2 fully saturated rings. The fourth-order valence-corrected chi connectivity index (χ4v) is 5.25. The van der Waals surface area contributed by atoms with E-state index in [2.05, 4.69) is 0 Å². The van der Waals surface area contributed by atoms with E-state index in [0.717, 1.165) is 24.0 Å². The van der Waals surface area contributed by atoms with Crippen LogP contribution in [0.25, 0.3) is 11.1 Å². The Morgan fingerprint density at radius 1 is 0.952 bits per heavy atom. The standard InChI is InChI=1S/C17H17NO2S/c19-21(20,18-11-10-14-12-16(14)18)17-9-5-4-8-15(17)13-6-2-1-3-7-13/h1-9,14,16H,10-12H2. The van der Waals surface area contributed by atoms with Crippen molar-refractivity contribution >= 4 is 10.0 Å². The van der Waals surface area contributed by atoms with Crippen LogP contribution in [0.4, 0.5) is 0 Å². The van der Waals surface area contributed by atoms with E-state index < -0.39 is 10.0 Å². The van der Waals surface area contributed by atoms with Crippen molar-refractivity contribution in [1.29, 1.82) is 0 Å². The number of hydrogen-bond donors (Lipinski definition) is 0. The first-order valence-electron chi connectivity index (χ1n) is 7.34. The van der Waals surface area contributed by atoms with Crippen LogP contribution in [-0.4, -0.2) is 25.3 Å². The van der Waals surface area contributed by atoms with E-state index >= 15 is 0 Å². The Labute approximate surface area is 125 Å². The maximum Gasteiger partial charge on any atom is 0.243 e. The van der Waals surface area contributed by atoms with Gasteiger partial charge in [-0.15, -0.1) is 0 Å². The predicted octanol–water partition coefficient (Wildman–Crippen LogP) is 3.14. The van der Waals surface area contributed by atoms with Gasteiger partial charge in [-0.2, -0.15) is 4.31 Å². The molecule has 3 nitrogen and oxygen atoms in total. The molecule has 1 aliphatic heterocycles. The van der Waals surface area contributed by atoms with Crippen molar-refractivity contribution in [2.75, 3.05) is 6.54 Å². The molecule has 0 aromatic heterocycles. The van der Waals surface area contributed by atoms with Crippen molar-refractivity contribution in [2.45, 2.75) is 23.8 Å². The maximum atomic E-state index is 13.0. The Morgan fingerprint density at radius 3 is 2.33 bits per heavy atom. The van der Waals surface area contributed by atoms with E-state index in [9.17, 15) is 8.42 Å². The molecule has 0 radical (unpaired) electrons. The molecule has 0 N–H and O–H groups in total. The number of hydrogen-bond acceptors (Lipinski definition) is 2. The summed E-state index contributed by atoms with van der Waals surface area (Å²) in [6, 6.07) is 17.3. The zero-order valence-corrected chi connectivity index (χ0v) is 12.5. The predicted molar refractivity (Wildman–Crippen MR) is 82.3 cm³/mol. The molecule has 1 saturated heterocycles. The summed E-state index contributed by atoms with van der Waals surface area (Å²) in [5.74, 6) is 0.601. The van der Waals surface area contributed by atoms with Gasteiger partial charge in [0.15, 0.2) is 0 Å². The number of benzene rings is 2. The zero-order chi connectivity index (χ0) is 14.4. The Bertz CT molecular complexity index is 770. The molecule has 2 atom stereocenters. The van der Waals surface area contributed by atoms with Crippen molar-refractivity contribution in [1.82, 2.24) is 4.31 Å². The number of rotatable bonds is 3. The SMILES string of the molecule is O=S(=O)(c1ccccc1-c1ccccc1)N1CCC2CC21. The van der Waals surface area contributed by atoms with Crippen LogP contribution in [0.2, 0.25) is 0 Å². The molecule has 4 heteroatoms. The van der Waals surface area contributed by atoms with Gasteiger partial charge >= 0.3 is 0 Å². The largest absolute Gasteiger partial charge is 0.243 e. The van der Waals surface area contributed by atoms with Gasteiger partial charge in [0.25, 0.3) is 0 Å². The van der Waals surface area contributed by atoms with E-state index in [1.165, 1.54) is 0 Å². The maximum absolute atomic E-state index is 13.0. The van der Waals surface area contributed by atoms with E-state index in [-0.39, 0.29) is 6.04 Å². The Balaban J connectivity index is 1.82. The third kappa shape index (κ3) is 2.10. The molecule has 2 unspecified atom stereocenters. The van der Waals surface area contributed by atoms with Crippen molar-refractivity contribution in [2.24, 2.45) is 5.92 Å². The summed E-state index contributed by atoms with van der Waals surface area (Å²) >= 11 is 0.